The Morgan fingerprint density at radius 1 is 1.26 bits per heavy atom. The highest BCUT2D eigenvalue weighted by Crippen LogP contribution is 2.16. The van der Waals surface area contributed by atoms with Crippen LogP contribution in [0.1, 0.15) is 21.1 Å². The van der Waals surface area contributed by atoms with Gasteiger partial charge in [-0.2, -0.15) is 0 Å². The number of nitrogens with one attached hydrogen (secondary N) is 2. The molecule has 2 rings (SSSR count). The van der Waals surface area contributed by atoms with E-state index in [-0.39, 0.29) is 12.5 Å². The van der Waals surface area contributed by atoms with Gasteiger partial charge in [-0.1, -0.05) is 12.1 Å². The Bertz CT molecular complexity index is 782. The predicted molar refractivity (Wildman–Crippen MR) is 109 cm³/mol. The number of aliphatic imine (C=N–C) groups is 1. The van der Waals surface area contributed by atoms with Crippen LogP contribution in [0, 0.1) is 13.8 Å². The highest BCUT2D eigenvalue weighted by Gasteiger charge is 2.07. The molecule has 0 fully saturated rings. The molecule has 1 aromatic heterocycles. The molecular weight excluding hydrogens is 362 g/mol. The number of carbonyl (C=O) groups excluding carboxylic acids is 1. The molecule has 0 saturated heterocycles. The molecule has 1 heterocycles. The molecule has 0 saturated carbocycles. The zero-order valence-corrected chi connectivity index (χ0v) is 17.3. The number of ether oxygens (including phenoxy) is 1. The van der Waals surface area contributed by atoms with Gasteiger partial charge in [0.15, 0.2) is 12.6 Å². The van der Waals surface area contributed by atoms with Gasteiger partial charge in [0.05, 0.1) is 12.2 Å². The molecule has 8 heteroatoms. The number of benzene rings is 1. The minimum absolute atomic E-state index is 0.0275. The van der Waals surface area contributed by atoms with Crippen molar-refractivity contribution in [3.05, 3.63) is 45.4 Å². The molecule has 1 aromatic carbocycles. The zero-order valence-electron chi connectivity index (χ0n) is 16.5. The molecular formula is C19H27N5O2S. The van der Waals surface area contributed by atoms with Crippen LogP contribution in [0.15, 0.2) is 29.3 Å². The highest BCUT2D eigenvalue weighted by molar-refractivity contribution is 7.11. The van der Waals surface area contributed by atoms with E-state index in [0.717, 1.165) is 16.3 Å². The first kappa shape index (κ1) is 20.7. The van der Waals surface area contributed by atoms with Crippen molar-refractivity contribution in [3.63, 3.8) is 0 Å². The number of nitrogens with zero attached hydrogens (tertiary/aromatic N) is 3. The monoisotopic (exact) mass is 389 g/mol. The molecule has 0 aliphatic heterocycles. The lowest BCUT2D eigenvalue weighted by atomic mass is 10.2. The largest absolute Gasteiger partial charge is 0.484 e. The maximum absolute atomic E-state index is 11.6. The van der Waals surface area contributed by atoms with E-state index in [9.17, 15) is 4.79 Å². The number of aryl methyl sites for hydroxylation is 2. The Morgan fingerprint density at radius 3 is 2.63 bits per heavy atom. The van der Waals surface area contributed by atoms with Crippen LogP contribution < -0.4 is 15.4 Å². The number of likely N-dealkylation sites (N-methyl/N-ethyl adjacent to an activating group) is 1. The minimum Gasteiger partial charge on any atom is -0.484 e. The lowest BCUT2D eigenvalue weighted by Crippen LogP contribution is -2.36. The molecule has 146 valence electrons. The summed E-state index contributed by atoms with van der Waals surface area (Å²) < 4.78 is 5.55. The third-order valence-electron chi connectivity index (χ3n) is 3.92. The van der Waals surface area contributed by atoms with Gasteiger partial charge in [-0.3, -0.25) is 9.79 Å². The lowest BCUT2D eigenvalue weighted by Gasteiger charge is -2.13. The summed E-state index contributed by atoms with van der Waals surface area (Å²) in [5.74, 6) is 1.30. The van der Waals surface area contributed by atoms with Crippen molar-refractivity contribution in [2.75, 3.05) is 27.7 Å². The fourth-order valence-electron chi connectivity index (χ4n) is 2.20. The Kier molecular flexibility index (Phi) is 7.60. The summed E-state index contributed by atoms with van der Waals surface area (Å²) in [6, 6.07) is 7.65. The number of amides is 1. The van der Waals surface area contributed by atoms with Crippen molar-refractivity contribution >= 4 is 23.2 Å². The standard InChI is InChI=1S/C19H27N5O2S/c1-13-14(2)27-17(23-13)11-22-19(20-3)21-10-15-7-6-8-16(9-15)26-12-18(25)24(4)5/h6-9H,10-12H2,1-5H3,(H2,20,21,22). The van der Waals surface area contributed by atoms with E-state index >= 15 is 0 Å². The Hall–Kier alpha value is -2.61. The number of thiazole rings is 1. The van der Waals surface area contributed by atoms with Crippen molar-refractivity contribution in [1.82, 2.24) is 20.5 Å². The van der Waals surface area contributed by atoms with Gasteiger partial charge in [-0.05, 0) is 31.5 Å². The Morgan fingerprint density at radius 2 is 2.00 bits per heavy atom. The van der Waals surface area contributed by atoms with Crippen LogP contribution >= 0.6 is 11.3 Å². The van der Waals surface area contributed by atoms with Crippen molar-refractivity contribution in [2.24, 2.45) is 4.99 Å². The lowest BCUT2D eigenvalue weighted by molar-refractivity contribution is -0.130. The molecule has 0 aliphatic rings. The summed E-state index contributed by atoms with van der Waals surface area (Å²) in [4.78, 5) is 23.1. The first-order valence-electron chi connectivity index (χ1n) is 8.68. The maximum atomic E-state index is 11.6. The molecule has 2 aromatic rings. The van der Waals surface area contributed by atoms with E-state index in [1.165, 1.54) is 9.78 Å². The van der Waals surface area contributed by atoms with E-state index in [0.29, 0.717) is 24.8 Å². The minimum atomic E-state index is -0.0733. The Balaban J connectivity index is 1.85. The van der Waals surface area contributed by atoms with E-state index in [1.54, 1.807) is 32.5 Å². The number of rotatable bonds is 7. The second-order valence-corrected chi connectivity index (χ2v) is 7.54. The highest BCUT2D eigenvalue weighted by atomic mass is 32.1. The van der Waals surface area contributed by atoms with Gasteiger partial charge >= 0.3 is 0 Å². The van der Waals surface area contributed by atoms with E-state index in [1.807, 2.05) is 31.2 Å². The summed E-state index contributed by atoms with van der Waals surface area (Å²) in [6.07, 6.45) is 0. The average molecular weight is 390 g/mol. The van der Waals surface area contributed by atoms with E-state index in [2.05, 4.69) is 27.5 Å². The van der Waals surface area contributed by atoms with Crippen LogP contribution in [0.25, 0.3) is 0 Å². The third kappa shape index (κ3) is 6.56. The van der Waals surface area contributed by atoms with Gasteiger partial charge < -0.3 is 20.3 Å². The topological polar surface area (TPSA) is 78.9 Å². The second-order valence-electron chi connectivity index (χ2n) is 6.25. The van der Waals surface area contributed by atoms with Crippen LogP contribution in [0.3, 0.4) is 0 Å². The number of hydrogen-bond donors (Lipinski definition) is 2. The molecule has 27 heavy (non-hydrogen) atoms. The van der Waals surface area contributed by atoms with Gasteiger partial charge in [0.2, 0.25) is 0 Å². The van der Waals surface area contributed by atoms with Gasteiger partial charge in [0.25, 0.3) is 5.91 Å². The van der Waals surface area contributed by atoms with Crippen LogP contribution in [0.5, 0.6) is 5.75 Å². The van der Waals surface area contributed by atoms with Crippen molar-refractivity contribution < 1.29 is 9.53 Å². The molecule has 0 aliphatic carbocycles. The van der Waals surface area contributed by atoms with Gasteiger partial charge in [0.1, 0.15) is 10.8 Å². The number of aromatic nitrogens is 1. The fraction of sp³-hybridized carbons (Fsp3) is 0.421. The fourth-order valence-corrected chi connectivity index (χ4v) is 3.07. The van der Waals surface area contributed by atoms with Gasteiger partial charge in [-0.25, -0.2) is 4.98 Å². The van der Waals surface area contributed by atoms with Crippen molar-refractivity contribution in [1.29, 1.82) is 0 Å². The summed E-state index contributed by atoms with van der Waals surface area (Å²) in [7, 11) is 5.15. The van der Waals surface area contributed by atoms with Crippen LogP contribution in [0.4, 0.5) is 0 Å². The summed E-state index contributed by atoms with van der Waals surface area (Å²) in [5, 5.41) is 7.58. The smallest absolute Gasteiger partial charge is 0.259 e. The summed E-state index contributed by atoms with van der Waals surface area (Å²) in [5.41, 5.74) is 2.11. The second kappa shape index (κ2) is 9.91. The quantitative estimate of drug-likeness (QED) is 0.560. The maximum Gasteiger partial charge on any atom is 0.259 e. The van der Waals surface area contributed by atoms with Crippen LogP contribution in [-0.2, 0) is 17.9 Å². The van der Waals surface area contributed by atoms with Gasteiger partial charge in [-0.15, -0.1) is 11.3 Å². The molecule has 0 radical (unpaired) electrons. The molecule has 0 bridgehead atoms. The molecule has 0 unspecified atom stereocenters. The van der Waals surface area contributed by atoms with Crippen LogP contribution in [-0.4, -0.2) is 49.5 Å². The summed E-state index contributed by atoms with van der Waals surface area (Å²) >= 11 is 1.69. The van der Waals surface area contributed by atoms with Crippen molar-refractivity contribution in [3.8, 4) is 5.75 Å². The zero-order chi connectivity index (χ0) is 19.8. The number of carbonyl (C=O) groups is 1. The average Bonchev–Trinajstić information content (AvgIpc) is 2.97. The van der Waals surface area contributed by atoms with Crippen LogP contribution in [0.2, 0.25) is 0 Å². The first-order valence-corrected chi connectivity index (χ1v) is 9.50. The predicted octanol–water partition coefficient (Wildman–Crippen LogP) is 2.09. The normalized spacial score (nSPS) is 11.2. The van der Waals surface area contributed by atoms with Crippen molar-refractivity contribution in [2.45, 2.75) is 26.9 Å². The first-order chi connectivity index (χ1) is 12.9. The third-order valence-corrected chi connectivity index (χ3v) is 5.00. The molecule has 0 atom stereocenters. The molecule has 1 amide bonds. The molecule has 7 nitrogen and oxygen atoms in total. The molecule has 2 N–H and O–H groups in total. The SMILES string of the molecule is CN=C(NCc1cccc(OCC(=O)N(C)C)c1)NCc1nc(C)c(C)s1. The molecule has 0 spiro atoms. The van der Waals surface area contributed by atoms with E-state index < -0.39 is 0 Å². The number of hydrogen-bond acceptors (Lipinski definition) is 5. The number of guanidine groups is 1. The van der Waals surface area contributed by atoms with Gasteiger partial charge in [0, 0.05) is 32.6 Å². The van der Waals surface area contributed by atoms with E-state index in [4.69, 9.17) is 4.74 Å². The Labute approximate surface area is 164 Å². The summed E-state index contributed by atoms with van der Waals surface area (Å²) in [6.45, 7) is 5.34.